The highest BCUT2D eigenvalue weighted by Gasteiger charge is 2.43. The zero-order chi connectivity index (χ0) is 43.6. The van der Waals surface area contributed by atoms with Crippen LogP contribution in [-0.2, 0) is 16.1 Å². The second-order valence-corrected chi connectivity index (χ2v) is 19.6. The van der Waals surface area contributed by atoms with Crippen molar-refractivity contribution in [2.45, 2.75) is 95.9 Å². The Labute approximate surface area is 370 Å². The van der Waals surface area contributed by atoms with Gasteiger partial charge in [-0.05, 0) is 95.8 Å². The Morgan fingerprint density at radius 2 is 1.63 bits per heavy atom. The molecule has 15 nitrogen and oxygen atoms in total. The summed E-state index contributed by atoms with van der Waals surface area (Å²) in [6.45, 7) is 16.2. The fourth-order valence-corrected chi connectivity index (χ4v) is 10.7. The van der Waals surface area contributed by atoms with E-state index in [1.807, 2.05) is 25.1 Å². The van der Waals surface area contributed by atoms with E-state index in [4.69, 9.17) is 9.47 Å². The largest absolute Gasteiger partial charge is 0.494 e. The minimum absolute atomic E-state index is 0. The smallest absolute Gasteiger partial charge is 0.255 e. The molecular weight excluding hydrogens is 804 g/mol. The number of nitrogens with zero attached hydrogens (tertiary/aromatic N) is 8. The third-order valence-electron chi connectivity index (χ3n) is 14.7. The number of aromatic amines is 1. The summed E-state index contributed by atoms with van der Waals surface area (Å²) in [6, 6.07) is 8.42. The van der Waals surface area contributed by atoms with Crippen LogP contribution in [0.25, 0.3) is 22.3 Å². The van der Waals surface area contributed by atoms with Crippen molar-refractivity contribution in [3.8, 4) is 22.9 Å². The number of anilines is 2. The number of rotatable bonds is 11. The monoisotopic (exact) mass is 866 g/mol. The summed E-state index contributed by atoms with van der Waals surface area (Å²) in [4.78, 5) is 58.7. The predicted molar refractivity (Wildman–Crippen MR) is 241 cm³/mol. The van der Waals surface area contributed by atoms with Crippen LogP contribution >= 0.6 is 0 Å². The van der Waals surface area contributed by atoms with Gasteiger partial charge in [-0.3, -0.25) is 34.6 Å². The van der Waals surface area contributed by atoms with Crippen molar-refractivity contribution in [1.82, 2.24) is 40.2 Å². The van der Waals surface area contributed by atoms with E-state index in [9.17, 15) is 18.8 Å². The number of aromatic nitrogens is 4. The number of piperazine rings is 1. The van der Waals surface area contributed by atoms with E-state index in [1.165, 1.54) is 6.07 Å². The average molecular weight is 867 g/mol. The fraction of sp³-hybridized carbons (Fsp3) is 0.574. The molecule has 1 saturated carbocycles. The molecule has 6 aliphatic rings. The minimum Gasteiger partial charge on any atom is -0.494 e. The molecule has 2 aromatic carbocycles. The highest BCUT2D eigenvalue weighted by molar-refractivity contribution is 6.06. The predicted octanol–water partition coefficient (Wildman–Crippen LogP) is 5.88. The lowest BCUT2D eigenvalue weighted by Crippen LogP contribution is -2.61. The maximum atomic E-state index is 14.8. The number of carbonyl (C=O) groups excluding carboxylic acids is 3. The first-order valence-corrected chi connectivity index (χ1v) is 22.9. The van der Waals surface area contributed by atoms with Crippen LogP contribution in [-0.4, -0.2) is 136 Å². The van der Waals surface area contributed by atoms with Crippen molar-refractivity contribution in [1.29, 1.82) is 0 Å². The number of imide groups is 1. The number of amides is 3. The number of benzene rings is 2. The zero-order valence-corrected chi connectivity index (χ0v) is 36.9. The lowest BCUT2D eigenvalue weighted by atomic mass is 9.90. The van der Waals surface area contributed by atoms with Gasteiger partial charge in [0.2, 0.25) is 11.8 Å². The SMILES string of the molecule is COc1c(N2CCC(CN3CCN(CC4CCN(c5cc(-c6n[nH]c7cc(F)c(OC8(C)CC8)cc67)ncn5)CC4)CC3(C)C)CC2)ccc2c1CN(C1CCC(=O)NC1=O)C2=O.[HH].[HH]. The summed E-state index contributed by atoms with van der Waals surface area (Å²) >= 11 is 0. The highest BCUT2D eigenvalue weighted by Crippen LogP contribution is 2.43. The third-order valence-corrected chi connectivity index (χ3v) is 14.7. The average Bonchev–Trinajstić information content (AvgIpc) is 3.71. The third kappa shape index (κ3) is 8.20. The summed E-state index contributed by atoms with van der Waals surface area (Å²) in [6.07, 6.45) is 8.38. The van der Waals surface area contributed by atoms with Crippen molar-refractivity contribution >= 4 is 40.1 Å². The molecule has 338 valence electrons. The van der Waals surface area contributed by atoms with Gasteiger partial charge in [0, 0.05) is 102 Å². The van der Waals surface area contributed by atoms with Crippen LogP contribution in [0.4, 0.5) is 15.9 Å². The van der Waals surface area contributed by atoms with E-state index in [0.717, 1.165) is 120 Å². The number of hydrogen-bond acceptors (Lipinski definition) is 12. The van der Waals surface area contributed by atoms with E-state index in [1.54, 1.807) is 24.4 Å². The number of methoxy groups -OCH3 is 1. The van der Waals surface area contributed by atoms with Crippen molar-refractivity contribution in [2.24, 2.45) is 11.8 Å². The molecule has 2 N–H and O–H groups in total. The van der Waals surface area contributed by atoms with Crippen LogP contribution in [0.3, 0.4) is 0 Å². The first-order chi connectivity index (χ1) is 30.3. The molecule has 3 amide bonds. The van der Waals surface area contributed by atoms with Crippen LogP contribution in [0, 0.1) is 17.7 Å². The van der Waals surface area contributed by atoms with E-state index < -0.39 is 17.8 Å². The number of ether oxygens (including phenoxy) is 2. The molecule has 0 spiro atoms. The second kappa shape index (κ2) is 16.3. The lowest BCUT2D eigenvalue weighted by molar-refractivity contribution is -0.136. The maximum absolute atomic E-state index is 14.8. The lowest BCUT2D eigenvalue weighted by Gasteiger charge is -2.50. The van der Waals surface area contributed by atoms with Gasteiger partial charge < -0.3 is 24.2 Å². The van der Waals surface area contributed by atoms with Gasteiger partial charge in [0.15, 0.2) is 11.6 Å². The van der Waals surface area contributed by atoms with Gasteiger partial charge >= 0.3 is 0 Å². The number of carbonyl (C=O) groups is 3. The molecule has 1 atom stereocenters. The van der Waals surface area contributed by atoms with Gasteiger partial charge in [0.25, 0.3) is 5.91 Å². The van der Waals surface area contributed by atoms with Crippen LogP contribution in [0.2, 0.25) is 0 Å². The van der Waals surface area contributed by atoms with Gasteiger partial charge in [-0.2, -0.15) is 5.10 Å². The molecule has 5 fully saturated rings. The molecule has 4 aromatic rings. The Morgan fingerprint density at radius 1 is 0.889 bits per heavy atom. The summed E-state index contributed by atoms with van der Waals surface area (Å²) in [7, 11) is 1.66. The van der Waals surface area contributed by atoms with Gasteiger partial charge in [-0.15, -0.1) is 0 Å². The van der Waals surface area contributed by atoms with Gasteiger partial charge in [-0.25, -0.2) is 14.4 Å². The highest BCUT2D eigenvalue weighted by atomic mass is 19.1. The molecule has 16 heteroatoms. The topological polar surface area (TPSA) is 152 Å². The van der Waals surface area contributed by atoms with Crippen molar-refractivity contribution in [2.75, 3.05) is 75.8 Å². The van der Waals surface area contributed by atoms with E-state index in [-0.39, 0.29) is 38.0 Å². The van der Waals surface area contributed by atoms with Crippen LogP contribution in [0.1, 0.15) is 90.9 Å². The normalized spacial score (nSPS) is 23.3. The molecule has 5 aliphatic heterocycles. The molecular formula is C47H63FN10O5. The van der Waals surface area contributed by atoms with Crippen molar-refractivity contribution in [3.05, 3.63) is 53.6 Å². The van der Waals surface area contributed by atoms with E-state index in [2.05, 4.69) is 58.9 Å². The Morgan fingerprint density at radius 3 is 2.35 bits per heavy atom. The van der Waals surface area contributed by atoms with Crippen LogP contribution in [0.15, 0.2) is 36.7 Å². The molecule has 10 rings (SSSR count). The molecule has 0 bridgehead atoms. The number of hydrogen-bond donors (Lipinski definition) is 2. The standard InChI is InChI=1S/C47H59FN10O5.2H2/c1-46(2)27-54(24-29-11-17-56(18-12-29)40-23-36(49-28-50-40)42-32-21-39(63-47(3)13-14-47)34(48)22-35(32)52-53-42)19-20-57(46)25-30-9-15-55(16-10-30)37-6-5-31-33(43(37)62-4)26-58(45(31)61)38-7-8-41(59)51-44(38)60;;/h5-6,21-23,28-30,38H,7-20,24-27H2,1-4H3,(H,52,53)(H,51,59,60);2*1H. The Hall–Kier alpha value is -5.35. The fourth-order valence-electron chi connectivity index (χ4n) is 10.7. The maximum Gasteiger partial charge on any atom is 0.255 e. The first-order valence-electron chi connectivity index (χ1n) is 22.9. The molecule has 1 aliphatic carbocycles. The van der Waals surface area contributed by atoms with Gasteiger partial charge in [-0.1, -0.05) is 0 Å². The summed E-state index contributed by atoms with van der Waals surface area (Å²) in [5, 5.41) is 10.7. The number of halogens is 1. The molecule has 63 heavy (non-hydrogen) atoms. The number of piperidine rings is 3. The summed E-state index contributed by atoms with van der Waals surface area (Å²) < 4.78 is 26.8. The summed E-state index contributed by atoms with van der Waals surface area (Å²) in [5.41, 5.74) is 4.15. The van der Waals surface area contributed by atoms with Crippen LogP contribution < -0.4 is 24.6 Å². The van der Waals surface area contributed by atoms with E-state index >= 15 is 0 Å². The molecule has 0 radical (unpaired) electrons. The first kappa shape index (κ1) is 41.6. The Bertz CT molecular complexity index is 2430. The molecule has 7 heterocycles. The van der Waals surface area contributed by atoms with Crippen LogP contribution in [0.5, 0.6) is 11.5 Å². The zero-order valence-electron chi connectivity index (χ0n) is 36.9. The van der Waals surface area contributed by atoms with Crippen molar-refractivity contribution in [3.63, 3.8) is 0 Å². The van der Waals surface area contributed by atoms with Gasteiger partial charge in [0.1, 0.15) is 35.2 Å². The molecule has 4 saturated heterocycles. The Kier molecular flexibility index (Phi) is 10.8. The van der Waals surface area contributed by atoms with Crippen molar-refractivity contribution < 1.29 is 31.1 Å². The number of H-pyrrole nitrogens is 1. The van der Waals surface area contributed by atoms with E-state index in [0.29, 0.717) is 53.0 Å². The molecule has 2 aromatic heterocycles. The Balaban J connectivity index is 0.00000288. The number of fused-ring (bicyclic) bond motifs is 2. The second-order valence-electron chi connectivity index (χ2n) is 19.6. The van der Waals surface area contributed by atoms with Gasteiger partial charge in [0.05, 0.1) is 30.6 Å². The quantitative estimate of drug-likeness (QED) is 0.173. The molecule has 1 unspecified atom stereocenters. The minimum atomic E-state index is -0.653. The number of nitrogens with one attached hydrogen (secondary N) is 2. The summed E-state index contributed by atoms with van der Waals surface area (Å²) in [5.74, 6) is 1.80.